The van der Waals surface area contributed by atoms with E-state index in [0.29, 0.717) is 0 Å². The van der Waals surface area contributed by atoms with Crippen LogP contribution in [0.15, 0.2) is 11.8 Å². The first kappa shape index (κ1) is 7.70. The van der Waals surface area contributed by atoms with Gasteiger partial charge in [-0.15, -0.1) is 0 Å². The Morgan fingerprint density at radius 2 is 1.62 bits per heavy atom. The van der Waals surface area contributed by atoms with E-state index < -0.39 is 0 Å². The summed E-state index contributed by atoms with van der Waals surface area (Å²) < 4.78 is 0.941. The molecule has 0 heterocycles. The highest BCUT2D eigenvalue weighted by Crippen LogP contribution is 2.03. The molecule has 0 aliphatic heterocycles. The van der Waals surface area contributed by atoms with Crippen molar-refractivity contribution >= 4 is 0 Å². The zero-order valence-electron chi connectivity index (χ0n) is 6.52. The predicted octanol–water partition coefficient (Wildman–Crippen LogP) is 1.62. The average molecular weight is 114 g/mol. The zero-order valence-corrected chi connectivity index (χ0v) is 6.52. The molecule has 0 aliphatic rings. The molecule has 0 aromatic carbocycles. The zero-order chi connectivity index (χ0) is 6.78. The van der Waals surface area contributed by atoms with Gasteiger partial charge in [-0.3, -0.25) is 0 Å². The molecule has 0 N–H and O–H groups in total. The smallest absolute Gasteiger partial charge is 0.101 e. The molecular formula is C7H16N+. The average Bonchev–Trinajstić information content (AvgIpc) is 1.62. The third kappa shape index (κ3) is 2.12. The van der Waals surface area contributed by atoms with Gasteiger partial charge in [-0.05, 0) is 13.0 Å². The van der Waals surface area contributed by atoms with Crippen LogP contribution in [0.2, 0.25) is 0 Å². The molecule has 0 aromatic rings. The fraction of sp³-hybridized carbons (Fsp3) is 0.714. The van der Waals surface area contributed by atoms with Gasteiger partial charge in [-0.2, -0.15) is 0 Å². The normalized spacial score (nSPS) is 14.4. The molecule has 1 nitrogen and oxygen atoms in total. The van der Waals surface area contributed by atoms with Crippen LogP contribution in [0.5, 0.6) is 0 Å². The van der Waals surface area contributed by atoms with Crippen LogP contribution < -0.4 is 0 Å². The van der Waals surface area contributed by atoms with Gasteiger partial charge in [0.15, 0.2) is 0 Å². The van der Waals surface area contributed by atoms with E-state index in [2.05, 4.69) is 41.1 Å². The van der Waals surface area contributed by atoms with E-state index in [9.17, 15) is 0 Å². The monoisotopic (exact) mass is 114 g/mol. The molecule has 0 atom stereocenters. The number of hydrogen-bond acceptors (Lipinski definition) is 0. The van der Waals surface area contributed by atoms with E-state index in [0.717, 1.165) is 4.48 Å². The second kappa shape index (κ2) is 2.31. The van der Waals surface area contributed by atoms with E-state index in [1.807, 2.05) is 0 Å². The van der Waals surface area contributed by atoms with Crippen molar-refractivity contribution < 1.29 is 4.48 Å². The molecule has 0 aromatic heterocycles. The molecule has 0 rings (SSSR count). The second-order valence-electron chi connectivity index (χ2n) is 2.94. The molecule has 48 valence electrons. The summed E-state index contributed by atoms with van der Waals surface area (Å²) >= 11 is 0. The van der Waals surface area contributed by atoms with Crippen molar-refractivity contribution in [3.8, 4) is 0 Å². The van der Waals surface area contributed by atoms with E-state index in [4.69, 9.17) is 0 Å². The van der Waals surface area contributed by atoms with Gasteiger partial charge in [0.2, 0.25) is 0 Å². The standard InChI is InChI=1S/C7H16N/c1-6-7(2)8(3,4)5/h6H,1-5H3/q+1. The Morgan fingerprint density at radius 1 is 1.25 bits per heavy atom. The van der Waals surface area contributed by atoms with Crippen LogP contribution in [0.4, 0.5) is 0 Å². The summed E-state index contributed by atoms with van der Waals surface area (Å²) in [6.07, 6.45) is 2.14. The highest BCUT2D eigenvalue weighted by molar-refractivity contribution is 4.83. The van der Waals surface area contributed by atoms with Crippen molar-refractivity contribution in [2.45, 2.75) is 13.8 Å². The molecule has 0 amide bonds. The van der Waals surface area contributed by atoms with Gasteiger partial charge in [-0.25, -0.2) is 0 Å². The number of nitrogens with zero attached hydrogens (tertiary/aromatic N) is 1. The summed E-state index contributed by atoms with van der Waals surface area (Å²) in [6, 6.07) is 0. The Hall–Kier alpha value is -0.300. The first-order chi connectivity index (χ1) is 3.48. The van der Waals surface area contributed by atoms with Crippen molar-refractivity contribution in [2.24, 2.45) is 0 Å². The molecule has 1 heteroatoms. The molecule has 0 aliphatic carbocycles. The summed E-state index contributed by atoms with van der Waals surface area (Å²) in [6.45, 7) is 4.21. The van der Waals surface area contributed by atoms with Gasteiger partial charge < -0.3 is 4.48 Å². The van der Waals surface area contributed by atoms with E-state index in [1.54, 1.807) is 0 Å². The van der Waals surface area contributed by atoms with Crippen LogP contribution in [0.3, 0.4) is 0 Å². The predicted molar refractivity (Wildman–Crippen MR) is 37.5 cm³/mol. The topological polar surface area (TPSA) is 0 Å². The van der Waals surface area contributed by atoms with Gasteiger partial charge in [-0.1, -0.05) is 0 Å². The van der Waals surface area contributed by atoms with Gasteiger partial charge in [0.05, 0.1) is 21.1 Å². The Kier molecular flexibility index (Phi) is 2.23. The number of rotatable bonds is 1. The summed E-state index contributed by atoms with van der Waals surface area (Å²) in [5.41, 5.74) is 1.39. The summed E-state index contributed by atoms with van der Waals surface area (Å²) in [7, 11) is 6.49. The van der Waals surface area contributed by atoms with Crippen LogP contribution in [0, 0.1) is 0 Å². The van der Waals surface area contributed by atoms with E-state index in [-0.39, 0.29) is 0 Å². The van der Waals surface area contributed by atoms with Gasteiger partial charge >= 0.3 is 0 Å². The lowest BCUT2D eigenvalue weighted by molar-refractivity contribution is -0.831. The minimum Gasteiger partial charge on any atom is -0.303 e. The molecule has 8 heavy (non-hydrogen) atoms. The molecule has 0 fully saturated rings. The fourth-order valence-corrected chi connectivity index (χ4v) is 0.387. The van der Waals surface area contributed by atoms with E-state index in [1.165, 1.54) is 5.70 Å². The molecule has 0 unspecified atom stereocenters. The molecule has 0 saturated heterocycles. The van der Waals surface area contributed by atoms with Crippen LogP contribution in [-0.4, -0.2) is 25.6 Å². The van der Waals surface area contributed by atoms with Crippen molar-refractivity contribution in [3.63, 3.8) is 0 Å². The molecule has 0 radical (unpaired) electrons. The molecule has 0 bridgehead atoms. The first-order valence-corrected chi connectivity index (χ1v) is 2.93. The third-order valence-corrected chi connectivity index (χ3v) is 1.48. The first-order valence-electron chi connectivity index (χ1n) is 2.93. The number of quaternary nitrogens is 1. The Bertz CT molecular complexity index is 95.4. The summed E-state index contributed by atoms with van der Waals surface area (Å²) in [4.78, 5) is 0. The quantitative estimate of drug-likeness (QED) is 0.454. The lowest BCUT2D eigenvalue weighted by Crippen LogP contribution is -2.31. The van der Waals surface area contributed by atoms with Crippen LogP contribution in [0.25, 0.3) is 0 Å². The van der Waals surface area contributed by atoms with Crippen LogP contribution >= 0.6 is 0 Å². The minimum absolute atomic E-state index is 0.941. The Labute approximate surface area is 52.2 Å². The number of hydrogen-bond donors (Lipinski definition) is 0. The van der Waals surface area contributed by atoms with Crippen LogP contribution in [0.1, 0.15) is 13.8 Å². The lowest BCUT2D eigenvalue weighted by Gasteiger charge is -2.23. The SMILES string of the molecule is CC=C(C)[N+](C)(C)C. The van der Waals surface area contributed by atoms with Gasteiger partial charge in [0, 0.05) is 6.92 Å². The number of allylic oxidation sites excluding steroid dienone is 2. The largest absolute Gasteiger partial charge is 0.303 e. The Morgan fingerprint density at radius 3 is 1.62 bits per heavy atom. The van der Waals surface area contributed by atoms with Crippen molar-refractivity contribution in [1.29, 1.82) is 0 Å². The van der Waals surface area contributed by atoms with Crippen molar-refractivity contribution in [2.75, 3.05) is 21.1 Å². The van der Waals surface area contributed by atoms with Gasteiger partial charge in [0.1, 0.15) is 5.70 Å². The van der Waals surface area contributed by atoms with E-state index >= 15 is 0 Å². The van der Waals surface area contributed by atoms with Crippen LogP contribution in [-0.2, 0) is 0 Å². The maximum Gasteiger partial charge on any atom is 0.101 e. The lowest BCUT2D eigenvalue weighted by atomic mass is 10.4. The van der Waals surface area contributed by atoms with Crippen molar-refractivity contribution in [1.82, 2.24) is 0 Å². The molecule has 0 saturated carbocycles. The minimum atomic E-state index is 0.941. The third-order valence-electron chi connectivity index (χ3n) is 1.48. The molecular weight excluding hydrogens is 98.1 g/mol. The highest BCUT2D eigenvalue weighted by atomic mass is 15.3. The summed E-state index contributed by atoms with van der Waals surface area (Å²) in [5.74, 6) is 0. The fourth-order valence-electron chi connectivity index (χ4n) is 0.387. The molecule has 0 spiro atoms. The second-order valence-corrected chi connectivity index (χ2v) is 2.94. The maximum atomic E-state index is 2.16. The Balaban J connectivity index is 4.03. The maximum absolute atomic E-state index is 2.16. The van der Waals surface area contributed by atoms with Crippen molar-refractivity contribution in [3.05, 3.63) is 11.8 Å². The van der Waals surface area contributed by atoms with Gasteiger partial charge in [0.25, 0.3) is 0 Å². The summed E-state index contributed by atoms with van der Waals surface area (Å²) in [5, 5.41) is 0. The highest BCUT2D eigenvalue weighted by Gasteiger charge is 2.07.